The van der Waals surface area contributed by atoms with Gasteiger partial charge in [0.15, 0.2) is 0 Å². The number of carbonyl (C=O) groups excluding carboxylic acids is 3. The van der Waals surface area contributed by atoms with E-state index < -0.39 is 22.9 Å². The topological polar surface area (TPSA) is 151 Å². The minimum absolute atomic E-state index is 0. The molecular weight excluding hydrogens is 536 g/mol. The van der Waals surface area contributed by atoms with Crippen molar-refractivity contribution in [3.05, 3.63) is 0 Å². The van der Waals surface area contributed by atoms with Crippen molar-refractivity contribution in [2.75, 3.05) is 25.0 Å². The van der Waals surface area contributed by atoms with Crippen LogP contribution in [-0.4, -0.2) is 60.7 Å². The Bertz CT molecular complexity index is 448. The Morgan fingerprint density at radius 3 is 1.65 bits per heavy atom. The molecule has 1 aliphatic heterocycles. The Kier molecular flexibility index (Phi) is 43.8. The fourth-order valence-electron chi connectivity index (χ4n) is 0.587. The molecule has 0 spiro atoms. The van der Waals surface area contributed by atoms with E-state index in [1.165, 1.54) is 0 Å². The van der Waals surface area contributed by atoms with Crippen molar-refractivity contribution in [3.63, 3.8) is 0 Å². The van der Waals surface area contributed by atoms with Crippen LogP contribution in [0.4, 0.5) is 0 Å². The predicted molar refractivity (Wildman–Crippen MR) is 102 cm³/mol. The fraction of sp³-hybridized carbons (Fsp3) is 0.824. The molecule has 31 heavy (non-hydrogen) atoms. The molecule has 0 bridgehead atoms. The van der Waals surface area contributed by atoms with E-state index in [-0.39, 0.29) is 181 Å². The van der Waals surface area contributed by atoms with Crippen LogP contribution >= 0.6 is 23.2 Å². The van der Waals surface area contributed by atoms with Crippen LogP contribution in [0, 0.1) is 10.8 Å². The summed E-state index contributed by atoms with van der Waals surface area (Å²) in [5.41, 5.74) is -1.02. The summed E-state index contributed by atoms with van der Waals surface area (Å²) in [7, 11) is 0. The standard InChI is InChI=1S/C8H14ClO3.C5H10O2.C3H5ClO.CH2O3.3K.H/c1-8(2,3)7(11)12-5-6(10)4-9;1-5(2,3)4(6)7;4-1-3-2-5-3;2-1-4-3;;;;/h6H,4-5H2,1-3H3;1-3H3,(H,6,7);3H,1-2H2;1,3H;;;;/q-1;;;;3*+1;-1. The first-order valence-electron chi connectivity index (χ1n) is 8.22. The van der Waals surface area contributed by atoms with Crippen LogP contribution in [0.1, 0.15) is 43.0 Å². The molecule has 0 saturated carbocycles. The zero-order valence-electron chi connectivity index (χ0n) is 21.1. The summed E-state index contributed by atoms with van der Waals surface area (Å²) in [6.07, 6.45) is -0.616. The van der Waals surface area contributed by atoms with E-state index in [1.54, 1.807) is 41.5 Å². The van der Waals surface area contributed by atoms with Crippen LogP contribution < -0.4 is 165 Å². The van der Waals surface area contributed by atoms with E-state index in [0.717, 1.165) is 6.61 Å². The zero-order chi connectivity index (χ0) is 23.0. The molecule has 0 aromatic rings. The van der Waals surface area contributed by atoms with E-state index in [4.69, 9.17) is 47.8 Å². The second-order valence-electron chi connectivity index (χ2n) is 7.51. The minimum Gasteiger partial charge on any atom is -1.00 e. The molecule has 1 saturated heterocycles. The van der Waals surface area contributed by atoms with Gasteiger partial charge in [-0.05, 0) is 41.5 Å². The minimum atomic E-state index is -1.02. The third-order valence-corrected chi connectivity index (χ3v) is 3.17. The molecule has 14 heteroatoms. The molecule has 0 radical (unpaired) electrons. The maximum atomic E-state index is 11.1. The molecule has 1 fully saturated rings. The average Bonchev–Trinajstić information content (AvgIpc) is 3.43. The molecule has 2 N–H and O–H groups in total. The first-order chi connectivity index (χ1) is 12.7. The van der Waals surface area contributed by atoms with Gasteiger partial charge in [0.05, 0.1) is 30.6 Å². The number of esters is 1. The largest absolute Gasteiger partial charge is 1.00 e. The first kappa shape index (κ1) is 47.9. The van der Waals surface area contributed by atoms with Crippen molar-refractivity contribution < 1.29 is 200 Å². The second-order valence-corrected chi connectivity index (χ2v) is 8.12. The Hall–Kier alpha value is 3.78. The van der Waals surface area contributed by atoms with E-state index in [9.17, 15) is 14.7 Å². The van der Waals surface area contributed by atoms with Gasteiger partial charge in [-0.15, -0.1) is 23.2 Å². The fourth-order valence-corrected chi connectivity index (χ4v) is 0.854. The van der Waals surface area contributed by atoms with E-state index in [1.807, 2.05) is 0 Å². The second kappa shape index (κ2) is 28.4. The van der Waals surface area contributed by atoms with Gasteiger partial charge < -0.3 is 31.3 Å². The van der Waals surface area contributed by atoms with Crippen LogP contribution in [0.3, 0.4) is 0 Å². The van der Waals surface area contributed by atoms with Crippen LogP contribution in [0.25, 0.3) is 0 Å². The third kappa shape index (κ3) is 41.2. The van der Waals surface area contributed by atoms with Gasteiger partial charge in [0, 0.05) is 10.7 Å². The van der Waals surface area contributed by atoms with Gasteiger partial charge in [-0.3, -0.25) is 9.59 Å². The third-order valence-electron chi connectivity index (χ3n) is 2.48. The number of rotatable bonds is 5. The Morgan fingerprint density at radius 2 is 1.52 bits per heavy atom. The van der Waals surface area contributed by atoms with Gasteiger partial charge in [0.1, 0.15) is 5.41 Å². The monoisotopic (exact) mass is 567 g/mol. The summed E-state index contributed by atoms with van der Waals surface area (Å²) in [6.45, 7) is 10.9. The molecule has 0 aromatic heterocycles. The van der Waals surface area contributed by atoms with Gasteiger partial charge in [0.25, 0.3) is 6.47 Å². The average molecular weight is 569 g/mol. The van der Waals surface area contributed by atoms with Gasteiger partial charge in [0.2, 0.25) is 0 Å². The summed E-state index contributed by atoms with van der Waals surface area (Å²) in [5.74, 6) is -0.238. The summed E-state index contributed by atoms with van der Waals surface area (Å²) < 4.78 is 9.45. The molecule has 0 aromatic carbocycles. The number of hydrogen-bond acceptors (Lipinski definition) is 8. The quantitative estimate of drug-likeness (QED) is 0.0464. The summed E-state index contributed by atoms with van der Waals surface area (Å²) in [6, 6.07) is 0. The van der Waals surface area contributed by atoms with Crippen LogP contribution in [0.5, 0.6) is 0 Å². The predicted octanol–water partition coefficient (Wildman–Crippen LogP) is -8.99. The first-order valence-corrected chi connectivity index (χ1v) is 9.29. The molecule has 2 unspecified atom stereocenters. The summed E-state index contributed by atoms with van der Waals surface area (Å²) in [5, 5.41) is 25.7. The summed E-state index contributed by atoms with van der Waals surface area (Å²) in [4.78, 5) is 32.5. The molecule has 0 amide bonds. The van der Waals surface area contributed by atoms with Crippen molar-refractivity contribution in [2.24, 2.45) is 10.8 Å². The van der Waals surface area contributed by atoms with Crippen LogP contribution in [0.2, 0.25) is 0 Å². The van der Waals surface area contributed by atoms with Gasteiger partial charge in [-0.25, -0.2) is 0 Å². The van der Waals surface area contributed by atoms with Gasteiger partial charge >= 0.3 is 166 Å². The molecular formula is C17H32Cl2K3O9+. The van der Waals surface area contributed by atoms with Crippen LogP contribution in [0.15, 0.2) is 0 Å². The summed E-state index contributed by atoms with van der Waals surface area (Å²) >= 11 is 10.5. The molecule has 1 aliphatic rings. The SMILES string of the molecule is CC(C)(C)C(=O)OCC([O-])CCl.CC(C)(C)C(=O)[OH2+].ClCC1CO1.O=CO[O-].[H-].[K+].[K+].[K+]. The molecule has 1 rings (SSSR count). The van der Waals surface area contributed by atoms with E-state index >= 15 is 0 Å². The number of carbonyl (C=O) groups is 3. The molecule has 1 heterocycles. The number of ether oxygens (including phenoxy) is 2. The normalized spacial score (nSPS) is 14.2. The van der Waals surface area contributed by atoms with Crippen LogP contribution in [-0.2, 0) is 28.7 Å². The van der Waals surface area contributed by atoms with E-state index in [0.29, 0.717) is 12.0 Å². The molecule has 2 atom stereocenters. The Morgan fingerprint density at radius 1 is 1.16 bits per heavy atom. The smallest absolute Gasteiger partial charge is 1.00 e. The molecule has 0 aliphatic carbocycles. The van der Waals surface area contributed by atoms with E-state index in [2.05, 4.69) is 4.89 Å². The van der Waals surface area contributed by atoms with Crippen molar-refractivity contribution in [3.8, 4) is 0 Å². The maximum Gasteiger partial charge on any atom is 1.00 e. The van der Waals surface area contributed by atoms with Crippen molar-refractivity contribution in [1.82, 2.24) is 0 Å². The number of epoxide rings is 1. The Labute approximate surface area is 324 Å². The molecule has 9 nitrogen and oxygen atoms in total. The number of halogens is 2. The van der Waals surface area contributed by atoms with Crippen molar-refractivity contribution in [2.45, 2.75) is 53.8 Å². The maximum absolute atomic E-state index is 11.1. The number of alkyl halides is 2. The van der Waals surface area contributed by atoms with Gasteiger partial charge in [-0.1, -0.05) is 6.10 Å². The molecule has 170 valence electrons. The zero-order valence-corrected chi connectivity index (χ0v) is 31.0. The Balaban J connectivity index is -0.0000000541. The number of hydrogen-bond donors (Lipinski definition) is 0. The van der Waals surface area contributed by atoms with Gasteiger partial charge in [-0.2, -0.15) is 0 Å². The van der Waals surface area contributed by atoms with Crippen molar-refractivity contribution in [1.29, 1.82) is 0 Å². The van der Waals surface area contributed by atoms with Crippen molar-refractivity contribution >= 4 is 41.6 Å².